The van der Waals surface area contributed by atoms with Gasteiger partial charge in [-0.25, -0.2) is 9.59 Å². The lowest BCUT2D eigenvalue weighted by Crippen LogP contribution is -2.29. The van der Waals surface area contributed by atoms with Crippen LogP contribution in [0.15, 0.2) is 140 Å². The number of benzene rings is 6. The van der Waals surface area contributed by atoms with Gasteiger partial charge < -0.3 is 34.0 Å². The van der Waals surface area contributed by atoms with Crippen LogP contribution in [0.2, 0.25) is 0 Å². The zero-order chi connectivity index (χ0) is 43.1. The number of fused-ring (bicyclic) bond motifs is 2. The molecule has 6 aromatic rings. The molecule has 3 heterocycles. The number of nitrogens with zero attached hydrogens (tertiary/aromatic N) is 5. The van der Waals surface area contributed by atoms with Crippen molar-refractivity contribution < 1.29 is 19.1 Å². The van der Waals surface area contributed by atoms with Gasteiger partial charge in [0.15, 0.2) is 11.2 Å². The Morgan fingerprint density at radius 2 is 0.770 bits per heavy atom. The van der Waals surface area contributed by atoms with Crippen molar-refractivity contribution in [1.82, 2.24) is 0 Å². The third-order valence-electron chi connectivity index (χ3n) is 12.3. The average Bonchev–Trinajstić information content (AvgIpc) is 4.00. The molecule has 9 heteroatoms. The van der Waals surface area contributed by atoms with Gasteiger partial charge in [0, 0.05) is 131 Å². The summed E-state index contributed by atoms with van der Waals surface area (Å²) < 4.78 is 12.5. The van der Waals surface area contributed by atoms with Crippen molar-refractivity contribution >= 4 is 40.4 Å². The summed E-state index contributed by atoms with van der Waals surface area (Å²) in [6.45, 7) is 2.08. The summed E-state index contributed by atoms with van der Waals surface area (Å²) in [6, 6.07) is 46.9. The van der Waals surface area contributed by atoms with Crippen LogP contribution in [0.4, 0.5) is 28.4 Å². The fourth-order valence-electron chi connectivity index (χ4n) is 8.81. The molecule has 0 N–H and O–H groups in total. The van der Waals surface area contributed by atoms with E-state index in [1.54, 1.807) is 0 Å². The lowest BCUT2D eigenvalue weighted by molar-refractivity contribution is 0.0242. The molecule has 1 saturated heterocycles. The first-order chi connectivity index (χ1) is 29.3. The van der Waals surface area contributed by atoms with Crippen LogP contribution in [0, 0.1) is 0 Å². The number of anilines is 5. The van der Waals surface area contributed by atoms with E-state index < -0.39 is 11.2 Å². The van der Waals surface area contributed by atoms with Gasteiger partial charge in [0.05, 0.1) is 11.1 Å². The van der Waals surface area contributed by atoms with E-state index in [0.29, 0.717) is 11.1 Å². The Balaban J connectivity index is 0.000000171. The summed E-state index contributed by atoms with van der Waals surface area (Å²) in [6.07, 6.45) is 2.39. The molecule has 9 nitrogen and oxygen atoms in total. The summed E-state index contributed by atoms with van der Waals surface area (Å²) >= 11 is 0. The first kappa shape index (κ1) is 41.0. The van der Waals surface area contributed by atoms with E-state index in [0.717, 1.165) is 74.9 Å². The molecule has 9 rings (SSSR count). The van der Waals surface area contributed by atoms with Crippen LogP contribution < -0.4 is 24.5 Å². The van der Waals surface area contributed by atoms with Gasteiger partial charge in [-0.05, 0) is 79.6 Å². The minimum absolute atomic E-state index is 0.264. The minimum atomic E-state index is -0.967. The lowest BCUT2D eigenvalue weighted by atomic mass is 9.79. The summed E-state index contributed by atoms with van der Waals surface area (Å²) in [5, 5.41) is 0. The molecule has 0 atom stereocenters. The van der Waals surface area contributed by atoms with Crippen molar-refractivity contribution in [3.8, 4) is 0 Å². The number of hydrogen-bond acceptors (Lipinski definition) is 9. The van der Waals surface area contributed by atoms with Crippen molar-refractivity contribution in [3.63, 3.8) is 0 Å². The van der Waals surface area contributed by atoms with Gasteiger partial charge in [0.1, 0.15) is 0 Å². The van der Waals surface area contributed by atoms with E-state index in [1.807, 2.05) is 111 Å². The number of hydrogen-bond donors (Lipinski definition) is 0. The van der Waals surface area contributed by atoms with Crippen molar-refractivity contribution in [3.05, 3.63) is 184 Å². The molecule has 0 unspecified atom stereocenters. The van der Waals surface area contributed by atoms with Crippen molar-refractivity contribution in [2.45, 2.75) is 24.0 Å². The van der Waals surface area contributed by atoms with Gasteiger partial charge in [-0.15, -0.1) is 0 Å². The monoisotopic (exact) mass is 813 g/mol. The molecule has 312 valence electrons. The fraction of sp³-hybridized carbons (Fsp3) is 0.269. The number of carbonyl (C=O) groups excluding carboxylic acids is 2. The lowest BCUT2D eigenvalue weighted by Gasteiger charge is -2.31. The van der Waals surface area contributed by atoms with Gasteiger partial charge in [0.25, 0.3) is 0 Å². The van der Waals surface area contributed by atoms with Crippen LogP contribution in [0.3, 0.4) is 0 Å². The van der Waals surface area contributed by atoms with Crippen molar-refractivity contribution in [2.75, 3.05) is 94.0 Å². The maximum absolute atomic E-state index is 13.3. The Labute approximate surface area is 360 Å². The van der Waals surface area contributed by atoms with E-state index in [4.69, 9.17) is 9.47 Å². The van der Waals surface area contributed by atoms with Gasteiger partial charge in [0.2, 0.25) is 0 Å². The highest BCUT2D eigenvalue weighted by molar-refractivity contribution is 5.98. The van der Waals surface area contributed by atoms with Gasteiger partial charge in [-0.3, -0.25) is 0 Å². The minimum Gasteiger partial charge on any atom is -0.441 e. The third-order valence-corrected chi connectivity index (χ3v) is 12.3. The van der Waals surface area contributed by atoms with Gasteiger partial charge in [-0.1, -0.05) is 72.8 Å². The normalized spacial score (nSPS) is 15.5. The summed E-state index contributed by atoms with van der Waals surface area (Å²) in [5.41, 5.74) is 10.4. The van der Waals surface area contributed by atoms with Crippen molar-refractivity contribution in [2.24, 2.45) is 0 Å². The quantitative estimate of drug-likeness (QED) is 0.133. The molecular weight excluding hydrogens is 759 g/mol. The molecule has 0 bridgehead atoms. The maximum atomic E-state index is 13.3. The highest BCUT2D eigenvalue weighted by atomic mass is 16.6. The van der Waals surface area contributed by atoms with Crippen LogP contribution in [0.5, 0.6) is 0 Å². The Bertz CT molecular complexity index is 2420. The first-order valence-electron chi connectivity index (χ1n) is 20.9. The molecule has 3 aliphatic rings. The second-order valence-electron chi connectivity index (χ2n) is 16.9. The zero-order valence-electron chi connectivity index (χ0n) is 36.5. The summed E-state index contributed by atoms with van der Waals surface area (Å²) in [5.74, 6) is -0.552. The molecule has 6 aromatic carbocycles. The number of cyclic esters (lactones) is 2. The second-order valence-corrected chi connectivity index (χ2v) is 16.9. The van der Waals surface area contributed by atoms with E-state index in [-0.39, 0.29) is 11.9 Å². The molecule has 0 aliphatic carbocycles. The number of ether oxygens (including phenoxy) is 2. The van der Waals surface area contributed by atoms with Crippen LogP contribution in [-0.2, 0) is 20.7 Å². The molecule has 1 fully saturated rings. The molecule has 3 aliphatic heterocycles. The Morgan fingerprint density at radius 1 is 0.426 bits per heavy atom. The highest BCUT2D eigenvalue weighted by Crippen LogP contribution is 2.49. The number of carbonyl (C=O) groups is 2. The molecule has 61 heavy (non-hydrogen) atoms. The molecule has 0 spiro atoms. The number of rotatable bonds is 9. The second kappa shape index (κ2) is 16.4. The predicted octanol–water partition coefficient (Wildman–Crippen LogP) is 9.16. The van der Waals surface area contributed by atoms with E-state index in [1.165, 1.54) is 12.8 Å². The largest absolute Gasteiger partial charge is 0.441 e. The summed E-state index contributed by atoms with van der Waals surface area (Å²) in [4.78, 5) is 36.6. The summed E-state index contributed by atoms with van der Waals surface area (Å²) in [7, 11) is 16.1. The molecule has 0 aromatic heterocycles. The van der Waals surface area contributed by atoms with Crippen LogP contribution >= 0.6 is 0 Å². The Morgan fingerprint density at radius 3 is 1.15 bits per heavy atom. The first-order valence-corrected chi connectivity index (χ1v) is 20.9. The zero-order valence-corrected chi connectivity index (χ0v) is 36.5. The fourth-order valence-corrected chi connectivity index (χ4v) is 8.81. The standard InChI is InChI=1S/C28H31N3O2.C24H24N2O2/c1-29(2)22-11-7-20(8-12-22)28(21-9-13-23(14-10-21)30(3)4)26-16-15-24(31-17-5-6-18-31)19-25(26)27(32)33-28;1-25(2)19-13-9-17(10-14-19)24(18-11-15-20(16-12-18)26(3)4)22-8-6-5-7-21(22)23(27)28-24/h7-16,19H,5-6,17-18H2,1-4H3;5-16H,1-4H3. The topological polar surface area (TPSA) is 68.8 Å². The van der Waals surface area contributed by atoms with E-state index in [9.17, 15) is 9.59 Å². The van der Waals surface area contributed by atoms with Crippen LogP contribution in [0.25, 0.3) is 0 Å². The van der Waals surface area contributed by atoms with Crippen LogP contribution in [-0.4, -0.2) is 81.4 Å². The Hall–Kier alpha value is -6.74. The molecule has 0 radical (unpaired) electrons. The van der Waals surface area contributed by atoms with Crippen molar-refractivity contribution in [1.29, 1.82) is 0 Å². The Kier molecular flexibility index (Phi) is 11.0. The SMILES string of the molecule is CN(C)c1ccc(C2(c3ccc(N(C)C)cc3)OC(=O)c3cc(N4CCCC4)ccc32)cc1.CN(C)c1ccc(C2(c3ccc(N(C)C)cc3)OC(=O)c3ccccc32)cc1. The average molecular weight is 814 g/mol. The maximum Gasteiger partial charge on any atom is 0.340 e. The number of esters is 2. The molecule has 0 saturated carbocycles. The smallest absolute Gasteiger partial charge is 0.340 e. The highest BCUT2D eigenvalue weighted by Gasteiger charge is 2.50. The van der Waals surface area contributed by atoms with E-state index in [2.05, 4.69) is 109 Å². The van der Waals surface area contributed by atoms with Crippen LogP contribution in [0.1, 0.15) is 66.9 Å². The predicted molar refractivity (Wildman–Crippen MR) is 248 cm³/mol. The van der Waals surface area contributed by atoms with Gasteiger partial charge in [-0.2, -0.15) is 0 Å². The third kappa shape index (κ3) is 7.32. The molecular formula is C52H55N5O4. The van der Waals surface area contributed by atoms with E-state index >= 15 is 0 Å². The molecule has 0 amide bonds. The van der Waals surface area contributed by atoms with Gasteiger partial charge >= 0.3 is 11.9 Å².